The van der Waals surface area contributed by atoms with Gasteiger partial charge >= 0.3 is 5.97 Å². The van der Waals surface area contributed by atoms with Gasteiger partial charge in [-0.1, -0.05) is 6.07 Å². The highest BCUT2D eigenvalue weighted by molar-refractivity contribution is 7.92. The lowest BCUT2D eigenvalue weighted by Crippen LogP contribution is -2.14. The third-order valence-corrected chi connectivity index (χ3v) is 5.78. The molecule has 0 atom stereocenters. The number of rotatable bonds is 8. The van der Waals surface area contributed by atoms with Gasteiger partial charge in [-0.25, -0.2) is 13.2 Å². The summed E-state index contributed by atoms with van der Waals surface area (Å²) in [6.07, 6.45) is 0. The van der Waals surface area contributed by atoms with Gasteiger partial charge in [-0.15, -0.1) is 0 Å². The van der Waals surface area contributed by atoms with E-state index in [0.717, 1.165) is 0 Å². The van der Waals surface area contributed by atoms with Crippen LogP contribution >= 0.6 is 0 Å². The number of anilines is 2. The second-order valence-electron chi connectivity index (χ2n) is 6.61. The molecule has 0 saturated heterocycles. The highest BCUT2D eigenvalue weighted by Crippen LogP contribution is 2.21. The van der Waals surface area contributed by atoms with Gasteiger partial charge in [0.25, 0.3) is 15.9 Å². The maximum atomic E-state index is 12.6. The van der Waals surface area contributed by atoms with E-state index in [4.69, 9.17) is 4.74 Å². The summed E-state index contributed by atoms with van der Waals surface area (Å²) in [7, 11) is -2.55. The van der Waals surface area contributed by atoms with E-state index in [0.29, 0.717) is 23.7 Å². The zero-order valence-electron chi connectivity index (χ0n) is 17.5. The van der Waals surface area contributed by atoms with Crippen molar-refractivity contribution in [3.05, 3.63) is 83.9 Å². The van der Waals surface area contributed by atoms with E-state index in [9.17, 15) is 18.0 Å². The van der Waals surface area contributed by atoms with E-state index < -0.39 is 21.9 Å². The Bertz CT molecular complexity index is 1210. The number of methoxy groups -OCH3 is 1. The van der Waals surface area contributed by atoms with Crippen molar-refractivity contribution >= 4 is 33.3 Å². The van der Waals surface area contributed by atoms with Crippen LogP contribution < -0.4 is 14.8 Å². The van der Waals surface area contributed by atoms with Crippen molar-refractivity contribution in [1.82, 2.24) is 0 Å². The third-order valence-electron chi connectivity index (χ3n) is 4.39. The number of ether oxygens (including phenoxy) is 2. The molecule has 32 heavy (non-hydrogen) atoms. The topological polar surface area (TPSA) is 111 Å². The molecule has 0 aliphatic carbocycles. The number of amides is 1. The van der Waals surface area contributed by atoms with Gasteiger partial charge in [-0.3, -0.25) is 9.52 Å². The minimum Gasteiger partial charge on any atom is -0.494 e. The molecule has 166 valence electrons. The summed E-state index contributed by atoms with van der Waals surface area (Å²) in [5.41, 5.74) is 1.32. The normalized spacial score (nSPS) is 10.8. The Morgan fingerprint density at radius 2 is 1.50 bits per heavy atom. The van der Waals surface area contributed by atoms with Crippen LogP contribution in [0.3, 0.4) is 0 Å². The van der Waals surface area contributed by atoms with Crippen LogP contribution in [0.15, 0.2) is 77.7 Å². The van der Waals surface area contributed by atoms with Gasteiger partial charge in [0.1, 0.15) is 5.75 Å². The summed E-state index contributed by atoms with van der Waals surface area (Å²) < 4.78 is 37.7. The molecule has 3 rings (SSSR count). The predicted octanol–water partition coefficient (Wildman–Crippen LogP) is 3.93. The summed E-state index contributed by atoms with van der Waals surface area (Å²) in [6.45, 7) is 2.38. The van der Waals surface area contributed by atoms with E-state index in [1.165, 1.54) is 37.4 Å². The van der Waals surface area contributed by atoms with Gasteiger partial charge < -0.3 is 14.8 Å². The molecule has 0 aliphatic heterocycles. The Balaban J connectivity index is 1.68. The largest absolute Gasteiger partial charge is 0.494 e. The Labute approximate surface area is 186 Å². The summed E-state index contributed by atoms with van der Waals surface area (Å²) in [5, 5.41) is 2.67. The van der Waals surface area contributed by atoms with E-state index in [1.807, 2.05) is 6.92 Å². The van der Waals surface area contributed by atoms with Gasteiger partial charge in [0.15, 0.2) is 0 Å². The molecule has 9 heteroatoms. The molecule has 0 heterocycles. The average molecular weight is 455 g/mol. The quantitative estimate of drug-likeness (QED) is 0.499. The van der Waals surface area contributed by atoms with Crippen LogP contribution in [0, 0.1) is 0 Å². The van der Waals surface area contributed by atoms with Crippen molar-refractivity contribution in [2.24, 2.45) is 0 Å². The maximum absolute atomic E-state index is 12.6. The molecule has 1 amide bonds. The zero-order valence-corrected chi connectivity index (χ0v) is 18.3. The van der Waals surface area contributed by atoms with Crippen molar-refractivity contribution in [2.45, 2.75) is 11.8 Å². The molecule has 0 aliphatic rings. The Kier molecular flexibility index (Phi) is 7.11. The molecule has 0 fully saturated rings. The Morgan fingerprint density at radius 3 is 2.12 bits per heavy atom. The van der Waals surface area contributed by atoms with E-state index in [1.54, 1.807) is 42.5 Å². The molecule has 0 bridgehead atoms. The minimum absolute atomic E-state index is 0.0390. The number of benzene rings is 3. The van der Waals surface area contributed by atoms with Crippen LogP contribution in [-0.4, -0.2) is 34.0 Å². The second-order valence-corrected chi connectivity index (χ2v) is 8.30. The van der Waals surface area contributed by atoms with Crippen molar-refractivity contribution in [1.29, 1.82) is 0 Å². The number of hydrogen-bond acceptors (Lipinski definition) is 6. The fourth-order valence-electron chi connectivity index (χ4n) is 2.83. The third kappa shape index (κ3) is 5.64. The first-order valence-electron chi connectivity index (χ1n) is 9.68. The maximum Gasteiger partial charge on any atom is 0.337 e. The van der Waals surface area contributed by atoms with Crippen LogP contribution in [0.5, 0.6) is 5.75 Å². The van der Waals surface area contributed by atoms with Crippen LogP contribution in [0.4, 0.5) is 11.4 Å². The lowest BCUT2D eigenvalue weighted by Gasteiger charge is -2.10. The smallest absolute Gasteiger partial charge is 0.337 e. The molecule has 0 aromatic heterocycles. The van der Waals surface area contributed by atoms with Crippen LogP contribution in [0.2, 0.25) is 0 Å². The summed E-state index contributed by atoms with van der Waals surface area (Å²) in [4.78, 5) is 24.1. The van der Waals surface area contributed by atoms with Crippen LogP contribution in [0.25, 0.3) is 0 Å². The molecule has 0 saturated carbocycles. The fraction of sp³-hybridized carbons (Fsp3) is 0.130. The molecule has 0 radical (unpaired) electrons. The number of nitrogens with one attached hydrogen (secondary N) is 2. The summed E-state index contributed by atoms with van der Waals surface area (Å²) >= 11 is 0. The van der Waals surface area contributed by atoms with Gasteiger partial charge in [0.2, 0.25) is 0 Å². The first kappa shape index (κ1) is 22.8. The summed E-state index contributed by atoms with van der Waals surface area (Å²) in [6, 6.07) is 18.4. The molecule has 0 unspecified atom stereocenters. The molecule has 8 nitrogen and oxygen atoms in total. The van der Waals surface area contributed by atoms with Crippen molar-refractivity contribution in [3.63, 3.8) is 0 Å². The molecule has 3 aromatic rings. The lowest BCUT2D eigenvalue weighted by molar-refractivity contribution is 0.0600. The van der Waals surface area contributed by atoms with Crippen LogP contribution in [-0.2, 0) is 14.8 Å². The standard InChI is InChI=1S/C23H22N2O6S/c1-3-31-20-11-7-19(8-12-20)25-32(28,29)21-13-9-18(10-14-21)24-22(26)16-5-4-6-17(15-16)23(27)30-2/h4-15,25H,3H2,1-2H3,(H,24,26). The number of esters is 1. The van der Waals surface area contributed by atoms with Gasteiger partial charge in [-0.2, -0.15) is 0 Å². The molecule has 2 N–H and O–H groups in total. The van der Waals surface area contributed by atoms with E-state index in [2.05, 4.69) is 14.8 Å². The highest BCUT2D eigenvalue weighted by Gasteiger charge is 2.15. The van der Waals surface area contributed by atoms with Crippen molar-refractivity contribution < 1.29 is 27.5 Å². The molecular formula is C23H22N2O6S. The molecule has 0 spiro atoms. The first-order chi connectivity index (χ1) is 15.3. The van der Waals surface area contributed by atoms with Crippen molar-refractivity contribution in [2.75, 3.05) is 23.8 Å². The Hall–Kier alpha value is -3.85. The monoisotopic (exact) mass is 454 g/mol. The number of carbonyl (C=O) groups excluding carboxylic acids is 2. The van der Waals surface area contributed by atoms with Gasteiger partial charge in [-0.05, 0) is 73.7 Å². The second kappa shape index (κ2) is 9.97. The van der Waals surface area contributed by atoms with Gasteiger partial charge in [0, 0.05) is 16.9 Å². The fourth-order valence-corrected chi connectivity index (χ4v) is 3.88. The average Bonchev–Trinajstić information content (AvgIpc) is 2.80. The number of sulfonamides is 1. The minimum atomic E-state index is -3.81. The SMILES string of the molecule is CCOc1ccc(NS(=O)(=O)c2ccc(NC(=O)c3cccc(C(=O)OC)c3)cc2)cc1. The van der Waals surface area contributed by atoms with E-state index >= 15 is 0 Å². The Morgan fingerprint density at radius 1 is 0.875 bits per heavy atom. The molecular weight excluding hydrogens is 432 g/mol. The number of hydrogen-bond donors (Lipinski definition) is 2. The first-order valence-corrected chi connectivity index (χ1v) is 11.2. The lowest BCUT2D eigenvalue weighted by atomic mass is 10.1. The zero-order chi connectivity index (χ0) is 23.1. The number of carbonyl (C=O) groups is 2. The van der Waals surface area contributed by atoms with Crippen LogP contribution in [0.1, 0.15) is 27.6 Å². The predicted molar refractivity (Wildman–Crippen MR) is 121 cm³/mol. The van der Waals surface area contributed by atoms with E-state index in [-0.39, 0.29) is 16.0 Å². The molecule has 3 aromatic carbocycles. The van der Waals surface area contributed by atoms with Gasteiger partial charge in [0.05, 0.1) is 24.2 Å². The van der Waals surface area contributed by atoms with Crippen molar-refractivity contribution in [3.8, 4) is 5.75 Å². The highest BCUT2D eigenvalue weighted by atomic mass is 32.2. The summed E-state index contributed by atoms with van der Waals surface area (Å²) in [5.74, 6) is -0.347.